The Morgan fingerprint density at radius 1 is 1.05 bits per heavy atom. The van der Waals surface area contributed by atoms with Crippen LogP contribution >= 0.6 is 11.8 Å². The van der Waals surface area contributed by atoms with Crippen LogP contribution in [0.1, 0.15) is 27.4 Å². The maximum Gasteiger partial charge on any atom is 0.311 e. The largest absolute Gasteiger partial charge is 0.481 e. The zero-order chi connectivity index (χ0) is 14.1. The molecule has 0 radical (unpaired) electrons. The van der Waals surface area contributed by atoms with Crippen LogP contribution in [0.25, 0.3) is 0 Å². The predicted molar refractivity (Wildman–Crippen MR) is 77.4 cm³/mol. The third-order valence-electron chi connectivity index (χ3n) is 3.39. The number of carboxylic acids is 1. The summed E-state index contributed by atoms with van der Waals surface area (Å²) in [6, 6.07) is 14.4. The zero-order valence-corrected chi connectivity index (χ0v) is 11.4. The molecule has 1 N–H and O–H groups in total. The van der Waals surface area contributed by atoms with Crippen molar-refractivity contribution in [1.29, 1.82) is 0 Å². The summed E-state index contributed by atoms with van der Waals surface area (Å²) >= 11 is 1.45. The Kier molecular flexibility index (Phi) is 3.32. The van der Waals surface area contributed by atoms with E-state index in [2.05, 4.69) is 0 Å². The summed E-state index contributed by atoms with van der Waals surface area (Å²) in [6.45, 7) is 0. The van der Waals surface area contributed by atoms with Gasteiger partial charge in [0.15, 0.2) is 5.78 Å². The molecular formula is C16H12O3S. The Balaban J connectivity index is 2.05. The molecule has 2 aromatic rings. The fraction of sp³-hybridized carbons (Fsp3) is 0.125. The molecule has 3 rings (SSSR count). The summed E-state index contributed by atoms with van der Waals surface area (Å²) in [7, 11) is 0. The van der Waals surface area contributed by atoms with Gasteiger partial charge in [0.2, 0.25) is 0 Å². The van der Waals surface area contributed by atoms with Crippen LogP contribution < -0.4 is 0 Å². The van der Waals surface area contributed by atoms with Gasteiger partial charge in [-0.3, -0.25) is 9.59 Å². The van der Waals surface area contributed by atoms with Crippen molar-refractivity contribution in [2.45, 2.75) is 10.8 Å². The van der Waals surface area contributed by atoms with E-state index in [1.165, 1.54) is 11.8 Å². The molecule has 0 amide bonds. The van der Waals surface area contributed by atoms with Gasteiger partial charge in [-0.25, -0.2) is 0 Å². The molecule has 1 atom stereocenters. The lowest BCUT2D eigenvalue weighted by Crippen LogP contribution is -2.11. The van der Waals surface area contributed by atoms with Crippen LogP contribution in [-0.2, 0) is 4.79 Å². The molecule has 1 aliphatic heterocycles. The quantitative estimate of drug-likeness (QED) is 0.879. The Morgan fingerprint density at radius 2 is 1.80 bits per heavy atom. The van der Waals surface area contributed by atoms with Crippen molar-refractivity contribution in [2.75, 3.05) is 5.75 Å². The lowest BCUT2D eigenvalue weighted by atomic mass is 9.96. The van der Waals surface area contributed by atoms with Crippen molar-refractivity contribution in [3.05, 3.63) is 65.2 Å². The van der Waals surface area contributed by atoms with Crippen LogP contribution in [0.2, 0.25) is 0 Å². The number of fused-ring (bicyclic) bond motifs is 1. The van der Waals surface area contributed by atoms with E-state index in [1.807, 2.05) is 18.2 Å². The van der Waals surface area contributed by atoms with Gasteiger partial charge >= 0.3 is 5.97 Å². The second-order valence-electron chi connectivity index (χ2n) is 4.62. The van der Waals surface area contributed by atoms with E-state index in [1.54, 1.807) is 30.3 Å². The maximum absolute atomic E-state index is 12.5. The van der Waals surface area contributed by atoms with E-state index in [0.717, 1.165) is 10.5 Å². The molecule has 2 aromatic carbocycles. The van der Waals surface area contributed by atoms with Crippen molar-refractivity contribution < 1.29 is 14.7 Å². The van der Waals surface area contributed by atoms with Crippen molar-refractivity contribution in [3.8, 4) is 0 Å². The first-order valence-corrected chi connectivity index (χ1v) is 7.25. The number of benzene rings is 2. The molecule has 0 fully saturated rings. The van der Waals surface area contributed by atoms with Gasteiger partial charge in [-0.05, 0) is 11.6 Å². The van der Waals surface area contributed by atoms with E-state index < -0.39 is 11.9 Å². The molecular weight excluding hydrogens is 272 g/mol. The number of ketones is 1. The Hall–Kier alpha value is -2.07. The third-order valence-corrected chi connectivity index (χ3v) is 4.64. The molecule has 4 heteroatoms. The molecule has 0 spiro atoms. The van der Waals surface area contributed by atoms with Crippen LogP contribution in [0, 0.1) is 0 Å². The summed E-state index contributed by atoms with van der Waals surface area (Å²) in [5.41, 5.74) is 1.98. The number of carbonyl (C=O) groups excluding carboxylic acids is 1. The first-order valence-electron chi connectivity index (χ1n) is 6.26. The SMILES string of the molecule is O=C(c1ccccc1)c1cccc2c1SC[C@@H]2C(=O)O. The molecule has 0 aliphatic carbocycles. The normalized spacial score (nSPS) is 16.7. The minimum absolute atomic E-state index is 0.0546. The molecule has 0 saturated heterocycles. The number of hydrogen-bond donors (Lipinski definition) is 1. The molecule has 0 aromatic heterocycles. The standard InChI is InChI=1S/C16H12O3S/c17-14(10-5-2-1-3-6-10)12-8-4-7-11-13(16(18)19)9-20-15(11)12/h1-8,13H,9H2,(H,18,19)/t13-/m0/s1. The maximum atomic E-state index is 12.5. The van der Waals surface area contributed by atoms with Crippen LogP contribution in [0.3, 0.4) is 0 Å². The number of rotatable bonds is 3. The molecule has 20 heavy (non-hydrogen) atoms. The van der Waals surface area contributed by atoms with Gasteiger partial charge in [0, 0.05) is 21.8 Å². The minimum Gasteiger partial charge on any atom is -0.481 e. The average Bonchev–Trinajstić information content (AvgIpc) is 2.91. The highest BCUT2D eigenvalue weighted by Gasteiger charge is 2.32. The second-order valence-corrected chi connectivity index (χ2v) is 5.65. The number of carboxylic acid groups (broad SMARTS) is 1. The van der Waals surface area contributed by atoms with Gasteiger partial charge in [-0.1, -0.05) is 42.5 Å². The highest BCUT2D eigenvalue weighted by Crippen LogP contribution is 2.42. The lowest BCUT2D eigenvalue weighted by Gasteiger charge is -2.08. The van der Waals surface area contributed by atoms with Crippen LogP contribution in [0.5, 0.6) is 0 Å². The molecule has 100 valence electrons. The Labute approximate surface area is 120 Å². The molecule has 3 nitrogen and oxygen atoms in total. The number of hydrogen-bond acceptors (Lipinski definition) is 3. The molecule has 1 heterocycles. The highest BCUT2D eigenvalue weighted by molar-refractivity contribution is 7.99. The predicted octanol–water partition coefficient (Wildman–Crippen LogP) is 3.19. The second kappa shape index (κ2) is 5.13. The van der Waals surface area contributed by atoms with Crippen molar-refractivity contribution in [2.24, 2.45) is 0 Å². The number of thioether (sulfide) groups is 1. The van der Waals surface area contributed by atoms with Gasteiger partial charge in [-0.15, -0.1) is 11.8 Å². The Bertz CT molecular complexity index is 679. The van der Waals surface area contributed by atoms with Crippen molar-refractivity contribution in [1.82, 2.24) is 0 Å². The van der Waals surface area contributed by atoms with E-state index in [-0.39, 0.29) is 5.78 Å². The van der Waals surface area contributed by atoms with Crippen molar-refractivity contribution in [3.63, 3.8) is 0 Å². The van der Waals surface area contributed by atoms with Crippen LogP contribution in [0.4, 0.5) is 0 Å². The summed E-state index contributed by atoms with van der Waals surface area (Å²) in [4.78, 5) is 24.6. The average molecular weight is 284 g/mol. The van der Waals surface area contributed by atoms with Gasteiger partial charge in [-0.2, -0.15) is 0 Å². The first kappa shape index (κ1) is 12.9. The monoisotopic (exact) mass is 284 g/mol. The lowest BCUT2D eigenvalue weighted by molar-refractivity contribution is -0.138. The van der Waals surface area contributed by atoms with Gasteiger partial charge in [0.05, 0.1) is 5.92 Å². The van der Waals surface area contributed by atoms with E-state index in [0.29, 0.717) is 16.9 Å². The Morgan fingerprint density at radius 3 is 2.50 bits per heavy atom. The molecule has 0 bridgehead atoms. The fourth-order valence-electron chi connectivity index (χ4n) is 2.37. The fourth-order valence-corrected chi connectivity index (χ4v) is 3.72. The molecule has 0 saturated carbocycles. The van der Waals surface area contributed by atoms with Crippen molar-refractivity contribution >= 4 is 23.5 Å². The molecule has 1 aliphatic rings. The minimum atomic E-state index is -0.833. The topological polar surface area (TPSA) is 54.4 Å². The van der Waals surface area contributed by atoms with Gasteiger partial charge in [0.1, 0.15) is 0 Å². The summed E-state index contributed by atoms with van der Waals surface area (Å²) in [5, 5.41) is 9.21. The zero-order valence-electron chi connectivity index (χ0n) is 10.6. The van der Waals surface area contributed by atoms with Crippen LogP contribution in [0.15, 0.2) is 53.4 Å². The third kappa shape index (κ3) is 2.12. The van der Waals surface area contributed by atoms with Gasteiger partial charge < -0.3 is 5.11 Å². The summed E-state index contributed by atoms with van der Waals surface area (Å²) < 4.78 is 0. The molecule has 0 unspecified atom stereocenters. The smallest absolute Gasteiger partial charge is 0.311 e. The van der Waals surface area contributed by atoms with Gasteiger partial charge in [0.25, 0.3) is 0 Å². The highest BCUT2D eigenvalue weighted by atomic mass is 32.2. The van der Waals surface area contributed by atoms with Crippen LogP contribution in [-0.4, -0.2) is 22.6 Å². The van der Waals surface area contributed by atoms with E-state index in [9.17, 15) is 14.7 Å². The summed E-state index contributed by atoms with van der Waals surface area (Å²) in [6.07, 6.45) is 0. The van der Waals surface area contributed by atoms with E-state index >= 15 is 0 Å². The number of carbonyl (C=O) groups is 2. The number of aliphatic carboxylic acids is 1. The van der Waals surface area contributed by atoms with E-state index in [4.69, 9.17) is 0 Å². The summed E-state index contributed by atoms with van der Waals surface area (Å²) in [5.74, 6) is -0.913. The first-order chi connectivity index (χ1) is 9.68.